The normalized spacial score (nSPS) is 15.7. The highest BCUT2D eigenvalue weighted by Gasteiger charge is 2.16. The number of nitro benzene ring substituents is 1. The van der Waals surface area contributed by atoms with E-state index in [0.717, 1.165) is 32.7 Å². The molecule has 1 amide bonds. The summed E-state index contributed by atoms with van der Waals surface area (Å²) in [7, 11) is 1.73. The summed E-state index contributed by atoms with van der Waals surface area (Å²) in [6.45, 7) is 5.35. The molecule has 7 heteroatoms. The molecule has 21 heavy (non-hydrogen) atoms. The molecule has 0 aromatic heterocycles. The van der Waals surface area contributed by atoms with E-state index in [0.29, 0.717) is 12.1 Å². The molecule has 7 nitrogen and oxygen atoms in total. The van der Waals surface area contributed by atoms with Crippen molar-refractivity contribution >= 4 is 11.6 Å². The zero-order valence-electron chi connectivity index (χ0n) is 12.1. The number of nitrogens with zero attached hydrogens (tertiary/aromatic N) is 3. The van der Waals surface area contributed by atoms with Gasteiger partial charge in [0, 0.05) is 64.0 Å². The first-order chi connectivity index (χ1) is 10.1. The van der Waals surface area contributed by atoms with Gasteiger partial charge in [0.2, 0.25) is 0 Å². The number of hydrogen-bond acceptors (Lipinski definition) is 5. The lowest BCUT2D eigenvalue weighted by molar-refractivity contribution is -0.384. The van der Waals surface area contributed by atoms with Gasteiger partial charge in [-0.1, -0.05) is 6.07 Å². The molecular weight excluding hydrogens is 272 g/mol. The molecule has 1 fully saturated rings. The van der Waals surface area contributed by atoms with Gasteiger partial charge in [-0.05, 0) is 6.07 Å². The Morgan fingerprint density at radius 1 is 1.43 bits per heavy atom. The number of benzene rings is 1. The summed E-state index contributed by atoms with van der Waals surface area (Å²) in [5.41, 5.74) is 0.295. The molecule has 1 aliphatic rings. The Labute approximate surface area is 123 Å². The van der Waals surface area contributed by atoms with Crippen LogP contribution in [0.3, 0.4) is 0 Å². The van der Waals surface area contributed by atoms with E-state index in [4.69, 9.17) is 0 Å². The largest absolute Gasteiger partial charge is 0.340 e. The number of rotatable bonds is 5. The van der Waals surface area contributed by atoms with Crippen LogP contribution in [-0.4, -0.2) is 66.9 Å². The highest BCUT2D eigenvalue weighted by molar-refractivity contribution is 5.94. The van der Waals surface area contributed by atoms with Crippen LogP contribution in [0.15, 0.2) is 24.3 Å². The summed E-state index contributed by atoms with van der Waals surface area (Å²) >= 11 is 0. The number of nitrogens with one attached hydrogen (secondary N) is 1. The molecule has 1 aliphatic heterocycles. The molecule has 1 heterocycles. The Bertz CT molecular complexity index is 515. The van der Waals surface area contributed by atoms with Crippen molar-refractivity contribution in [3.63, 3.8) is 0 Å². The zero-order chi connectivity index (χ0) is 15.2. The molecule has 0 radical (unpaired) electrons. The second-order valence-electron chi connectivity index (χ2n) is 5.13. The van der Waals surface area contributed by atoms with Crippen LogP contribution in [0.25, 0.3) is 0 Å². The molecule has 1 aromatic carbocycles. The van der Waals surface area contributed by atoms with Crippen LogP contribution >= 0.6 is 0 Å². The maximum absolute atomic E-state index is 12.3. The fourth-order valence-electron chi connectivity index (χ4n) is 2.30. The molecule has 0 unspecified atom stereocenters. The maximum Gasteiger partial charge on any atom is 0.270 e. The molecule has 114 valence electrons. The fraction of sp³-hybridized carbons (Fsp3) is 0.500. The van der Waals surface area contributed by atoms with Crippen molar-refractivity contribution in [1.29, 1.82) is 0 Å². The first-order valence-electron chi connectivity index (χ1n) is 7.01. The van der Waals surface area contributed by atoms with Gasteiger partial charge in [-0.15, -0.1) is 0 Å². The third-order valence-electron chi connectivity index (χ3n) is 3.61. The Morgan fingerprint density at radius 2 is 2.14 bits per heavy atom. The zero-order valence-corrected chi connectivity index (χ0v) is 12.1. The standard InChI is InChI=1S/C14H20N4O3/c1-16(9-10-17-7-5-15-6-8-17)14(19)12-3-2-4-13(11-12)18(20)21/h2-4,11,15H,5-10H2,1H3. The van der Waals surface area contributed by atoms with E-state index in [1.54, 1.807) is 18.0 Å². The number of nitro groups is 1. The molecule has 0 aliphatic carbocycles. The van der Waals surface area contributed by atoms with Gasteiger partial charge in [-0.2, -0.15) is 0 Å². The van der Waals surface area contributed by atoms with E-state index in [1.165, 1.54) is 18.2 Å². The van der Waals surface area contributed by atoms with E-state index < -0.39 is 4.92 Å². The molecule has 1 saturated heterocycles. The predicted octanol–water partition coefficient (Wildman–Crippen LogP) is 0.572. The SMILES string of the molecule is CN(CCN1CCNCC1)C(=O)c1cccc([N+](=O)[O-])c1. The average Bonchev–Trinajstić information content (AvgIpc) is 2.53. The lowest BCUT2D eigenvalue weighted by atomic mass is 10.2. The Hall–Kier alpha value is -1.99. The number of carbonyl (C=O) groups is 1. The van der Waals surface area contributed by atoms with E-state index in [-0.39, 0.29) is 11.6 Å². The first-order valence-corrected chi connectivity index (χ1v) is 7.01. The second kappa shape index (κ2) is 7.14. The van der Waals surface area contributed by atoms with Crippen LogP contribution in [0.4, 0.5) is 5.69 Å². The van der Waals surface area contributed by atoms with Crippen molar-refractivity contribution in [2.75, 3.05) is 46.3 Å². The third-order valence-corrected chi connectivity index (χ3v) is 3.61. The molecule has 0 bridgehead atoms. The number of hydrogen-bond donors (Lipinski definition) is 1. The summed E-state index contributed by atoms with van der Waals surface area (Å²) in [6.07, 6.45) is 0. The van der Waals surface area contributed by atoms with Crippen LogP contribution in [0.2, 0.25) is 0 Å². The molecule has 0 saturated carbocycles. The molecule has 0 spiro atoms. The van der Waals surface area contributed by atoms with Crippen molar-refractivity contribution in [3.8, 4) is 0 Å². The van der Waals surface area contributed by atoms with E-state index in [9.17, 15) is 14.9 Å². The average molecular weight is 292 g/mol. The minimum absolute atomic E-state index is 0.0589. The second-order valence-corrected chi connectivity index (χ2v) is 5.13. The number of non-ortho nitro benzene ring substituents is 1. The first kappa shape index (κ1) is 15.4. The number of carbonyl (C=O) groups excluding carboxylic acids is 1. The molecular formula is C14H20N4O3. The van der Waals surface area contributed by atoms with Crippen LogP contribution in [0.5, 0.6) is 0 Å². The van der Waals surface area contributed by atoms with Crippen molar-refractivity contribution in [2.24, 2.45) is 0 Å². The maximum atomic E-state index is 12.3. The van der Waals surface area contributed by atoms with Gasteiger partial charge in [0.15, 0.2) is 0 Å². The Balaban J connectivity index is 1.92. The van der Waals surface area contributed by atoms with Gasteiger partial charge in [0.05, 0.1) is 4.92 Å². The van der Waals surface area contributed by atoms with Crippen molar-refractivity contribution in [1.82, 2.24) is 15.1 Å². The fourth-order valence-corrected chi connectivity index (χ4v) is 2.30. The molecule has 0 atom stereocenters. The van der Waals surface area contributed by atoms with Gasteiger partial charge in [0.25, 0.3) is 11.6 Å². The Morgan fingerprint density at radius 3 is 2.81 bits per heavy atom. The van der Waals surface area contributed by atoms with Crippen LogP contribution in [0, 0.1) is 10.1 Å². The summed E-state index contributed by atoms with van der Waals surface area (Å²) < 4.78 is 0. The van der Waals surface area contributed by atoms with Crippen LogP contribution in [0.1, 0.15) is 10.4 Å². The summed E-state index contributed by atoms with van der Waals surface area (Å²) in [4.78, 5) is 26.4. The number of piperazine rings is 1. The third kappa shape index (κ3) is 4.24. The number of likely N-dealkylation sites (N-methyl/N-ethyl adjacent to an activating group) is 1. The van der Waals surface area contributed by atoms with E-state index in [1.807, 2.05) is 0 Å². The van der Waals surface area contributed by atoms with Crippen molar-refractivity contribution in [2.45, 2.75) is 0 Å². The summed E-state index contributed by atoms with van der Waals surface area (Å²) in [5, 5.41) is 14.0. The summed E-state index contributed by atoms with van der Waals surface area (Å²) in [5.74, 6) is -0.186. The molecule has 2 rings (SSSR count). The van der Waals surface area contributed by atoms with Gasteiger partial charge in [-0.25, -0.2) is 0 Å². The minimum Gasteiger partial charge on any atom is -0.340 e. The lowest BCUT2D eigenvalue weighted by Gasteiger charge is -2.29. The van der Waals surface area contributed by atoms with Gasteiger partial charge in [-0.3, -0.25) is 19.8 Å². The van der Waals surface area contributed by atoms with E-state index >= 15 is 0 Å². The smallest absolute Gasteiger partial charge is 0.270 e. The minimum atomic E-state index is -0.489. The van der Waals surface area contributed by atoms with Gasteiger partial charge in [0.1, 0.15) is 0 Å². The van der Waals surface area contributed by atoms with Crippen LogP contribution < -0.4 is 5.32 Å². The van der Waals surface area contributed by atoms with Gasteiger partial charge < -0.3 is 10.2 Å². The highest BCUT2D eigenvalue weighted by atomic mass is 16.6. The molecule has 1 N–H and O–H groups in total. The quantitative estimate of drug-likeness (QED) is 0.634. The lowest BCUT2D eigenvalue weighted by Crippen LogP contribution is -2.46. The summed E-state index contributed by atoms with van der Waals surface area (Å²) in [6, 6.07) is 5.85. The van der Waals surface area contributed by atoms with Gasteiger partial charge >= 0.3 is 0 Å². The van der Waals surface area contributed by atoms with E-state index in [2.05, 4.69) is 10.2 Å². The van der Waals surface area contributed by atoms with Crippen molar-refractivity contribution in [3.05, 3.63) is 39.9 Å². The van der Waals surface area contributed by atoms with Crippen LogP contribution in [-0.2, 0) is 0 Å². The topological polar surface area (TPSA) is 78.7 Å². The van der Waals surface area contributed by atoms with Crippen molar-refractivity contribution < 1.29 is 9.72 Å². The Kier molecular flexibility index (Phi) is 5.24. The monoisotopic (exact) mass is 292 g/mol. The predicted molar refractivity (Wildman–Crippen MR) is 79.4 cm³/mol. The molecule has 1 aromatic rings. The number of amides is 1. The highest BCUT2D eigenvalue weighted by Crippen LogP contribution is 2.14.